The molecule has 15 heavy (non-hydrogen) atoms. The molecule has 1 aromatic rings. The Kier molecular flexibility index (Phi) is 3.45. The van der Waals surface area contributed by atoms with E-state index in [9.17, 15) is 0 Å². The lowest BCUT2D eigenvalue weighted by Crippen LogP contribution is -2.10. The molecule has 0 saturated heterocycles. The minimum atomic E-state index is 0.835. The summed E-state index contributed by atoms with van der Waals surface area (Å²) < 4.78 is 0. The van der Waals surface area contributed by atoms with Crippen molar-refractivity contribution in [1.82, 2.24) is 9.97 Å². The molecule has 2 nitrogen and oxygen atoms in total. The van der Waals surface area contributed by atoms with Crippen LogP contribution in [0.25, 0.3) is 0 Å². The summed E-state index contributed by atoms with van der Waals surface area (Å²) in [6.07, 6.45) is 8.72. The third-order valence-corrected chi connectivity index (χ3v) is 3.36. The first kappa shape index (κ1) is 10.7. The molecule has 2 rings (SSSR count). The van der Waals surface area contributed by atoms with Crippen molar-refractivity contribution in [3.63, 3.8) is 0 Å². The van der Waals surface area contributed by atoms with E-state index in [0.29, 0.717) is 0 Å². The van der Waals surface area contributed by atoms with E-state index in [4.69, 9.17) is 4.98 Å². The van der Waals surface area contributed by atoms with E-state index in [2.05, 4.69) is 18.8 Å². The lowest BCUT2D eigenvalue weighted by Gasteiger charge is -2.15. The number of rotatable bonds is 4. The van der Waals surface area contributed by atoms with Crippen molar-refractivity contribution in [3.05, 3.63) is 17.2 Å². The fourth-order valence-corrected chi connectivity index (χ4v) is 2.37. The molecular weight excluding hydrogens is 184 g/mol. The van der Waals surface area contributed by atoms with Crippen LogP contribution >= 0.6 is 0 Å². The molecule has 0 radical (unpaired) electrons. The van der Waals surface area contributed by atoms with Gasteiger partial charge in [0.1, 0.15) is 5.82 Å². The standard InChI is InChI=1S/C13H22N2/c1-3-4-5-6-13-14-11-8-7-10(2)9-12(11)15-13/h10H,3-9H2,1-2H3,(H,14,15). The van der Waals surface area contributed by atoms with Gasteiger partial charge in [-0.2, -0.15) is 0 Å². The highest BCUT2D eigenvalue weighted by atomic mass is 14.9. The lowest BCUT2D eigenvalue weighted by atomic mass is 9.92. The van der Waals surface area contributed by atoms with Crippen LogP contribution in [0.15, 0.2) is 0 Å². The molecule has 0 fully saturated rings. The van der Waals surface area contributed by atoms with Gasteiger partial charge in [-0.1, -0.05) is 26.7 Å². The second kappa shape index (κ2) is 4.82. The van der Waals surface area contributed by atoms with Crippen molar-refractivity contribution in [1.29, 1.82) is 0 Å². The summed E-state index contributed by atoms with van der Waals surface area (Å²) in [5, 5.41) is 0. The number of H-pyrrole nitrogens is 1. The predicted octanol–water partition coefficient (Wildman–Crippen LogP) is 3.27. The molecule has 0 amide bonds. The molecule has 0 aliphatic heterocycles. The molecule has 1 heterocycles. The Bertz CT molecular complexity index is 314. The molecule has 1 N–H and O–H groups in total. The topological polar surface area (TPSA) is 28.7 Å². The molecule has 0 bridgehead atoms. The first-order chi connectivity index (χ1) is 7.29. The summed E-state index contributed by atoms with van der Waals surface area (Å²) in [4.78, 5) is 8.21. The van der Waals surface area contributed by atoms with Crippen LogP contribution in [0.1, 0.15) is 56.7 Å². The van der Waals surface area contributed by atoms with Crippen LogP contribution in [0.5, 0.6) is 0 Å². The molecule has 1 unspecified atom stereocenters. The molecule has 2 heteroatoms. The number of nitrogens with one attached hydrogen (secondary N) is 1. The van der Waals surface area contributed by atoms with Crippen LogP contribution in [-0.4, -0.2) is 9.97 Å². The minimum Gasteiger partial charge on any atom is -0.346 e. The maximum Gasteiger partial charge on any atom is 0.106 e. The van der Waals surface area contributed by atoms with Crippen molar-refractivity contribution < 1.29 is 0 Å². The van der Waals surface area contributed by atoms with Crippen LogP contribution in [-0.2, 0) is 19.3 Å². The van der Waals surface area contributed by atoms with E-state index in [1.54, 1.807) is 0 Å². The highest BCUT2D eigenvalue weighted by molar-refractivity contribution is 5.18. The first-order valence-electron chi connectivity index (χ1n) is 6.36. The fourth-order valence-electron chi connectivity index (χ4n) is 2.37. The van der Waals surface area contributed by atoms with E-state index < -0.39 is 0 Å². The second-order valence-electron chi connectivity index (χ2n) is 4.91. The second-order valence-corrected chi connectivity index (χ2v) is 4.91. The van der Waals surface area contributed by atoms with Crippen LogP contribution in [0.2, 0.25) is 0 Å². The Morgan fingerprint density at radius 3 is 3.07 bits per heavy atom. The summed E-state index contributed by atoms with van der Waals surface area (Å²) >= 11 is 0. The average molecular weight is 206 g/mol. The Balaban J connectivity index is 1.96. The van der Waals surface area contributed by atoms with Gasteiger partial charge < -0.3 is 4.98 Å². The van der Waals surface area contributed by atoms with Gasteiger partial charge in [-0.05, 0) is 31.6 Å². The lowest BCUT2D eigenvalue weighted by molar-refractivity contribution is 0.492. The zero-order valence-corrected chi connectivity index (χ0v) is 9.97. The van der Waals surface area contributed by atoms with Crippen molar-refractivity contribution in [3.8, 4) is 0 Å². The summed E-state index contributed by atoms with van der Waals surface area (Å²) in [7, 11) is 0. The normalized spacial score (nSPS) is 20.3. The molecule has 1 aromatic heterocycles. The Morgan fingerprint density at radius 2 is 2.27 bits per heavy atom. The van der Waals surface area contributed by atoms with Gasteiger partial charge in [-0.15, -0.1) is 0 Å². The SMILES string of the molecule is CCCCCc1nc2c([nH]1)CC(C)CC2. The highest BCUT2D eigenvalue weighted by Gasteiger charge is 2.18. The van der Waals surface area contributed by atoms with Crippen LogP contribution in [0.4, 0.5) is 0 Å². The highest BCUT2D eigenvalue weighted by Crippen LogP contribution is 2.23. The fraction of sp³-hybridized carbons (Fsp3) is 0.769. The maximum absolute atomic E-state index is 4.70. The Hall–Kier alpha value is -0.790. The largest absolute Gasteiger partial charge is 0.346 e. The van der Waals surface area contributed by atoms with Crippen molar-refractivity contribution in [2.75, 3.05) is 0 Å². The number of hydrogen-bond acceptors (Lipinski definition) is 1. The number of hydrogen-bond donors (Lipinski definition) is 1. The zero-order valence-electron chi connectivity index (χ0n) is 9.97. The van der Waals surface area contributed by atoms with Gasteiger partial charge in [0.05, 0.1) is 5.69 Å². The van der Waals surface area contributed by atoms with Gasteiger partial charge in [0.15, 0.2) is 0 Å². The number of imidazole rings is 1. The van der Waals surface area contributed by atoms with Gasteiger partial charge >= 0.3 is 0 Å². The van der Waals surface area contributed by atoms with Crippen LogP contribution in [0.3, 0.4) is 0 Å². The quantitative estimate of drug-likeness (QED) is 0.753. The van der Waals surface area contributed by atoms with Crippen molar-refractivity contribution in [2.45, 2.75) is 58.8 Å². The number of aryl methyl sites for hydroxylation is 2. The van der Waals surface area contributed by atoms with Crippen molar-refractivity contribution in [2.24, 2.45) is 5.92 Å². The van der Waals surface area contributed by atoms with E-state index >= 15 is 0 Å². The van der Waals surface area contributed by atoms with Gasteiger partial charge in [-0.3, -0.25) is 0 Å². The van der Waals surface area contributed by atoms with Crippen LogP contribution in [0, 0.1) is 5.92 Å². The number of fused-ring (bicyclic) bond motifs is 1. The zero-order chi connectivity index (χ0) is 10.7. The third kappa shape index (κ3) is 2.61. The first-order valence-corrected chi connectivity index (χ1v) is 6.36. The minimum absolute atomic E-state index is 0.835. The smallest absolute Gasteiger partial charge is 0.106 e. The molecule has 0 spiro atoms. The van der Waals surface area contributed by atoms with Gasteiger partial charge in [-0.25, -0.2) is 4.98 Å². The predicted molar refractivity (Wildman–Crippen MR) is 63.0 cm³/mol. The molecular formula is C13H22N2. The number of unbranched alkanes of at least 4 members (excludes halogenated alkanes) is 2. The number of nitrogens with zero attached hydrogens (tertiary/aromatic N) is 1. The van der Waals surface area contributed by atoms with E-state index in [1.807, 2.05) is 0 Å². The Labute approximate surface area is 92.5 Å². The van der Waals surface area contributed by atoms with Gasteiger partial charge in [0.2, 0.25) is 0 Å². The van der Waals surface area contributed by atoms with Crippen LogP contribution < -0.4 is 0 Å². The number of aromatic amines is 1. The Morgan fingerprint density at radius 1 is 1.40 bits per heavy atom. The summed E-state index contributed by atoms with van der Waals surface area (Å²) in [5.41, 5.74) is 2.76. The molecule has 1 aliphatic carbocycles. The van der Waals surface area contributed by atoms with Gasteiger partial charge in [0, 0.05) is 12.1 Å². The molecule has 84 valence electrons. The van der Waals surface area contributed by atoms with E-state index in [0.717, 1.165) is 12.3 Å². The molecule has 0 aromatic carbocycles. The summed E-state index contributed by atoms with van der Waals surface area (Å²) in [6, 6.07) is 0. The summed E-state index contributed by atoms with van der Waals surface area (Å²) in [6.45, 7) is 4.58. The van der Waals surface area contributed by atoms with Gasteiger partial charge in [0.25, 0.3) is 0 Å². The van der Waals surface area contributed by atoms with E-state index in [-0.39, 0.29) is 0 Å². The summed E-state index contributed by atoms with van der Waals surface area (Å²) in [5.74, 6) is 2.06. The number of aromatic nitrogens is 2. The average Bonchev–Trinajstić information content (AvgIpc) is 2.60. The third-order valence-electron chi connectivity index (χ3n) is 3.36. The monoisotopic (exact) mass is 206 g/mol. The maximum atomic E-state index is 4.70. The molecule has 0 saturated carbocycles. The molecule has 1 aliphatic rings. The molecule has 1 atom stereocenters. The van der Waals surface area contributed by atoms with Crippen molar-refractivity contribution >= 4 is 0 Å². The van der Waals surface area contributed by atoms with E-state index in [1.165, 1.54) is 55.7 Å².